The highest BCUT2D eigenvalue weighted by Gasteiger charge is 2.24. The van der Waals surface area contributed by atoms with E-state index in [2.05, 4.69) is 5.32 Å². The van der Waals surface area contributed by atoms with E-state index in [1.54, 1.807) is 12.1 Å². The summed E-state index contributed by atoms with van der Waals surface area (Å²) in [5.74, 6) is -0.735. The van der Waals surface area contributed by atoms with Crippen LogP contribution in [0, 0.1) is 0 Å². The Bertz CT molecular complexity index is 444. The number of carbonyl (C=O) groups is 2. The van der Waals surface area contributed by atoms with E-state index in [4.69, 9.17) is 9.84 Å². The number of ether oxygens (including phenoxy) is 1. The fraction of sp³-hybridized carbons (Fsp3) is 0.429. The van der Waals surface area contributed by atoms with Crippen LogP contribution in [0.25, 0.3) is 0 Å². The van der Waals surface area contributed by atoms with Crippen molar-refractivity contribution in [3.8, 4) is 5.75 Å². The van der Waals surface area contributed by atoms with Crippen molar-refractivity contribution in [3.05, 3.63) is 30.3 Å². The highest BCUT2D eigenvalue weighted by Crippen LogP contribution is 2.09. The first-order valence-electron chi connectivity index (χ1n) is 6.28. The third kappa shape index (κ3) is 6.75. The SMILES string of the molecule is CC(O)(CNC(=O)CCOc1ccccc1)CC(=O)O. The third-order valence-corrected chi connectivity index (χ3v) is 2.54. The molecule has 3 N–H and O–H groups in total. The van der Waals surface area contributed by atoms with Crippen LogP contribution < -0.4 is 10.1 Å². The van der Waals surface area contributed by atoms with E-state index in [0.717, 1.165) is 0 Å². The molecule has 0 aliphatic rings. The summed E-state index contributed by atoms with van der Waals surface area (Å²) < 4.78 is 5.36. The lowest BCUT2D eigenvalue weighted by Gasteiger charge is -2.21. The lowest BCUT2D eigenvalue weighted by Crippen LogP contribution is -2.42. The summed E-state index contributed by atoms with van der Waals surface area (Å²) in [5, 5.41) is 20.8. The molecule has 0 spiro atoms. The number of hydrogen-bond donors (Lipinski definition) is 3. The van der Waals surface area contributed by atoms with E-state index < -0.39 is 18.0 Å². The lowest BCUT2D eigenvalue weighted by atomic mass is 10.0. The van der Waals surface area contributed by atoms with Gasteiger partial charge in [-0.3, -0.25) is 9.59 Å². The largest absolute Gasteiger partial charge is 0.493 e. The molecule has 1 aromatic rings. The predicted molar refractivity (Wildman–Crippen MR) is 72.4 cm³/mol. The zero-order valence-corrected chi connectivity index (χ0v) is 11.3. The molecule has 0 aliphatic carbocycles. The minimum atomic E-state index is -1.46. The first kappa shape index (κ1) is 16.0. The van der Waals surface area contributed by atoms with Crippen molar-refractivity contribution in [1.82, 2.24) is 5.32 Å². The molecule has 0 bridgehead atoms. The summed E-state index contributed by atoms with van der Waals surface area (Å²) in [4.78, 5) is 22.0. The molecule has 6 nitrogen and oxygen atoms in total. The van der Waals surface area contributed by atoms with Gasteiger partial charge in [0.2, 0.25) is 5.91 Å². The van der Waals surface area contributed by atoms with Gasteiger partial charge in [0.15, 0.2) is 0 Å². The normalized spacial score (nSPS) is 13.3. The number of aliphatic hydroxyl groups is 1. The Morgan fingerprint density at radius 1 is 1.30 bits per heavy atom. The number of hydrogen-bond acceptors (Lipinski definition) is 4. The molecule has 0 aliphatic heterocycles. The smallest absolute Gasteiger partial charge is 0.306 e. The Balaban J connectivity index is 2.22. The van der Waals surface area contributed by atoms with Crippen LogP contribution in [-0.2, 0) is 9.59 Å². The summed E-state index contributed by atoms with van der Waals surface area (Å²) in [6.45, 7) is 1.47. The van der Waals surface area contributed by atoms with Crippen molar-refractivity contribution in [2.75, 3.05) is 13.2 Å². The summed E-state index contributed by atoms with van der Waals surface area (Å²) in [6, 6.07) is 9.10. The zero-order valence-electron chi connectivity index (χ0n) is 11.3. The number of nitrogens with one attached hydrogen (secondary N) is 1. The molecule has 6 heteroatoms. The van der Waals surface area contributed by atoms with Crippen molar-refractivity contribution in [3.63, 3.8) is 0 Å². The first-order chi connectivity index (χ1) is 9.39. The van der Waals surface area contributed by atoms with Crippen LogP contribution in [0.3, 0.4) is 0 Å². The van der Waals surface area contributed by atoms with Crippen LogP contribution in [0.2, 0.25) is 0 Å². The number of benzene rings is 1. The molecule has 20 heavy (non-hydrogen) atoms. The summed E-state index contributed by atoms with van der Waals surface area (Å²) in [5.41, 5.74) is -1.46. The van der Waals surface area contributed by atoms with Gasteiger partial charge >= 0.3 is 5.97 Å². The molecule has 0 aromatic heterocycles. The summed E-state index contributed by atoms with van der Waals surface area (Å²) in [7, 11) is 0. The highest BCUT2D eigenvalue weighted by molar-refractivity contribution is 5.76. The number of carboxylic acids is 1. The summed E-state index contributed by atoms with van der Waals surface area (Å²) >= 11 is 0. The van der Waals surface area contributed by atoms with E-state index in [-0.39, 0.29) is 25.5 Å². The van der Waals surface area contributed by atoms with Crippen LogP contribution in [-0.4, -0.2) is 40.8 Å². The van der Waals surface area contributed by atoms with Crippen molar-refractivity contribution in [2.24, 2.45) is 0 Å². The lowest BCUT2D eigenvalue weighted by molar-refractivity contribution is -0.142. The number of rotatable bonds is 8. The minimum absolute atomic E-state index is 0.108. The predicted octanol–water partition coefficient (Wildman–Crippen LogP) is 0.797. The van der Waals surface area contributed by atoms with Gasteiger partial charge in [0.25, 0.3) is 0 Å². The van der Waals surface area contributed by atoms with Gasteiger partial charge < -0.3 is 20.3 Å². The maximum atomic E-state index is 11.5. The van der Waals surface area contributed by atoms with E-state index >= 15 is 0 Å². The van der Waals surface area contributed by atoms with Crippen LogP contribution in [0.1, 0.15) is 19.8 Å². The molecule has 1 rings (SSSR count). The Hall–Kier alpha value is -2.08. The molecular weight excluding hydrogens is 262 g/mol. The van der Waals surface area contributed by atoms with Gasteiger partial charge in [-0.15, -0.1) is 0 Å². The number of amides is 1. The topological polar surface area (TPSA) is 95.9 Å². The fourth-order valence-corrected chi connectivity index (χ4v) is 1.54. The Morgan fingerprint density at radius 2 is 1.95 bits per heavy atom. The van der Waals surface area contributed by atoms with Gasteiger partial charge in [-0.05, 0) is 19.1 Å². The second kappa shape index (κ2) is 7.49. The van der Waals surface area contributed by atoms with E-state index in [9.17, 15) is 14.7 Å². The molecule has 1 unspecified atom stereocenters. The van der Waals surface area contributed by atoms with Crippen molar-refractivity contribution >= 4 is 11.9 Å². The van der Waals surface area contributed by atoms with E-state index in [1.807, 2.05) is 18.2 Å². The summed E-state index contributed by atoms with van der Waals surface area (Å²) in [6.07, 6.45) is -0.286. The monoisotopic (exact) mass is 281 g/mol. The van der Waals surface area contributed by atoms with E-state index in [0.29, 0.717) is 5.75 Å². The quantitative estimate of drug-likeness (QED) is 0.655. The molecule has 0 radical (unpaired) electrons. The second-order valence-electron chi connectivity index (χ2n) is 4.76. The van der Waals surface area contributed by atoms with Crippen LogP contribution in [0.4, 0.5) is 0 Å². The van der Waals surface area contributed by atoms with Crippen LogP contribution in [0.15, 0.2) is 30.3 Å². The molecule has 110 valence electrons. The van der Waals surface area contributed by atoms with Crippen molar-refractivity contribution in [2.45, 2.75) is 25.4 Å². The molecule has 1 amide bonds. The van der Waals surface area contributed by atoms with E-state index in [1.165, 1.54) is 6.92 Å². The number of carbonyl (C=O) groups excluding carboxylic acids is 1. The Kier molecular flexibility index (Phi) is 5.99. The fourth-order valence-electron chi connectivity index (χ4n) is 1.54. The number of aliphatic carboxylic acids is 1. The molecule has 0 heterocycles. The molecule has 0 fully saturated rings. The van der Waals surface area contributed by atoms with Gasteiger partial charge in [-0.2, -0.15) is 0 Å². The van der Waals surface area contributed by atoms with Crippen LogP contribution >= 0.6 is 0 Å². The molecule has 0 saturated heterocycles. The van der Waals surface area contributed by atoms with Gasteiger partial charge in [0.05, 0.1) is 25.0 Å². The average Bonchev–Trinajstić information content (AvgIpc) is 2.36. The van der Waals surface area contributed by atoms with Gasteiger partial charge in [0.1, 0.15) is 5.75 Å². The maximum absolute atomic E-state index is 11.5. The second-order valence-corrected chi connectivity index (χ2v) is 4.76. The standard InChI is InChI=1S/C14H19NO5/c1-14(19,9-13(17)18)10-15-12(16)7-8-20-11-5-3-2-4-6-11/h2-6,19H,7-10H2,1H3,(H,15,16)(H,17,18). The van der Waals surface area contributed by atoms with Crippen LogP contribution in [0.5, 0.6) is 5.75 Å². The van der Waals surface area contributed by atoms with Gasteiger partial charge in [-0.25, -0.2) is 0 Å². The Morgan fingerprint density at radius 3 is 2.55 bits per heavy atom. The first-order valence-corrected chi connectivity index (χ1v) is 6.28. The number of carboxylic acid groups (broad SMARTS) is 1. The average molecular weight is 281 g/mol. The highest BCUT2D eigenvalue weighted by atomic mass is 16.5. The Labute approximate surface area is 117 Å². The molecular formula is C14H19NO5. The third-order valence-electron chi connectivity index (χ3n) is 2.54. The van der Waals surface area contributed by atoms with Crippen molar-refractivity contribution in [1.29, 1.82) is 0 Å². The molecule has 0 saturated carbocycles. The zero-order chi connectivity index (χ0) is 15.0. The molecule has 1 aromatic carbocycles. The van der Waals surface area contributed by atoms with Gasteiger partial charge in [0, 0.05) is 6.54 Å². The minimum Gasteiger partial charge on any atom is -0.493 e. The molecule has 1 atom stereocenters. The number of para-hydroxylation sites is 1. The maximum Gasteiger partial charge on any atom is 0.306 e. The van der Waals surface area contributed by atoms with Crippen molar-refractivity contribution < 1.29 is 24.5 Å². The van der Waals surface area contributed by atoms with Gasteiger partial charge in [-0.1, -0.05) is 18.2 Å².